The second-order valence-electron chi connectivity index (χ2n) is 3.61. The molecular formula is C9H12ClN5O4. The minimum absolute atomic E-state index is 0. The molecule has 2 aromatic heterocycles. The lowest BCUT2D eigenvalue weighted by Gasteiger charge is -2.14. The number of halogens is 1. The fourth-order valence-corrected chi connectivity index (χ4v) is 1.39. The largest absolute Gasteiger partial charge is 0.394 e. The van der Waals surface area contributed by atoms with Gasteiger partial charge in [-0.05, 0) is 0 Å². The number of aliphatic hydroxyl groups is 3. The van der Waals surface area contributed by atoms with E-state index in [4.69, 9.17) is 10.8 Å². The van der Waals surface area contributed by atoms with Crippen LogP contribution in [-0.2, 0) is 0 Å². The number of fused-ring (bicyclic) bond motifs is 1. The van der Waals surface area contributed by atoms with Crippen LogP contribution in [0.15, 0.2) is 11.0 Å². The van der Waals surface area contributed by atoms with E-state index in [0.29, 0.717) is 0 Å². The van der Waals surface area contributed by atoms with Crippen LogP contribution in [0.25, 0.3) is 11.2 Å². The Bertz CT molecular complexity index is 634. The molecule has 0 amide bonds. The molecule has 0 aliphatic heterocycles. The third-order valence-corrected chi connectivity index (χ3v) is 2.31. The third kappa shape index (κ3) is 2.96. The molecule has 6 N–H and O–H groups in total. The molecule has 2 rings (SSSR count). The molecule has 9 nitrogen and oxygen atoms in total. The van der Waals surface area contributed by atoms with Crippen LogP contribution in [0.5, 0.6) is 0 Å². The highest BCUT2D eigenvalue weighted by Crippen LogP contribution is 2.14. The van der Waals surface area contributed by atoms with Crippen molar-refractivity contribution in [3.8, 4) is 0 Å². The van der Waals surface area contributed by atoms with Crippen molar-refractivity contribution in [3.05, 3.63) is 22.2 Å². The number of hydrogen-bond donors (Lipinski definition) is 5. The third-order valence-electron chi connectivity index (χ3n) is 2.31. The summed E-state index contributed by atoms with van der Waals surface area (Å²) in [6.45, 7) is -0.642. The van der Waals surface area contributed by atoms with E-state index in [-0.39, 0.29) is 35.2 Å². The van der Waals surface area contributed by atoms with E-state index < -0.39 is 24.4 Å². The summed E-state index contributed by atoms with van der Waals surface area (Å²) in [5.74, 6) is -0.0921. The highest BCUT2D eigenvalue weighted by atomic mass is 35.5. The second-order valence-corrected chi connectivity index (χ2v) is 3.61. The number of rotatable bonds is 3. The van der Waals surface area contributed by atoms with Gasteiger partial charge in [0.2, 0.25) is 5.95 Å². The van der Waals surface area contributed by atoms with Gasteiger partial charge in [-0.3, -0.25) is 9.78 Å². The molecule has 2 atom stereocenters. The van der Waals surface area contributed by atoms with Crippen LogP contribution in [0, 0.1) is 0 Å². The first-order valence-electron chi connectivity index (χ1n) is 5.02. The fourth-order valence-electron chi connectivity index (χ4n) is 1.39. The van der Waals surface area contributed by atoms with Crippen LogP contribution >= 0.6 is 12.4 Å². The summed E-state index contributed by atoms with van der Waals surface area (Å²) in [7, 11) is 0. The molecule has 0 bridgehead atoms. The van der Waals surface area contributed by atoms with Gasteiger partial charge in [0.15, 0.2) is 11.2 Å². The standard InChI is InChI=1S/C9H11N5O4.ClH/c10-9-13-7-5(8(18)14-9)12-3(1-11-7)6(17)4(16)2-15;/h1,4,6,15-17H,2H2,(H3,10,11,13,14,18);1H/t4-,6+;/m1./s1. The Morgan fingerprint density at radius 2 is 2.05 bits per heavy atom. The fraction of sp³-hybridized carbons (Fsp3) is 0.333. The van der Waals surface area contributed by atoms with Crippen molar-refractivity contribution >= 4 is 29.5 Å². The molecule has 104 valence electrons. The molecule has 19 heavy (non-hydrogen) atoms. The van der Waals surface area contributed by atoms with Gasteiger partial charge in [-0.25, -0.2) is 9.97 Å². The molecule has 2 aromatic rings. The van der Waals surface area contributed by atoms with Crippen molar-refractivity contribution in [1.82, 2.24) is 19.9 Å². The number of nitrogen functional groups attached to an aromatic ring is 1. The molecule has 0 fully saturated rings. The Morgan fingerprint density at radius 3 is 2.68 bits per heavy atom. The zero-order valence-electron chi connectivity index (χ0n) is 9.52. The summed E-state index contributed by atoms with van der Waals surface area (Å²) >= 11 is 0. The highest BCUT2D eigenvalue weighted by molar-refractivity contribution is 5.85. The van der Waals surface area contributed by atoms with Crippen LogP contribution in [0.3, 0.4) is 0 Å². The Hall–Kier alpha value is -1.81. The number of H-pyrrole nitrogens is 1. The zero-order valence-corrected chi connectivity index (χ0v) is 10.3. The maximum absolute atomic E-state index is 11.5. The number of anilines is 1. The lowest BCUT2D eigenvalue weighted by atomic mass is 10.1. The Kier molecular flexibility index (Phi) is 4.72. The van der Waals surface area contributed by atoms with E-state index in [1.165, 1.54) is 0 Å². The van der Waals surface area contributed by atoms with Crippen LogP contribution in [0.2, 0.25) is 0 Å². The zero-order chi connectivity index (χ0) is 13.3. The number of nitrogens with two attached hydrogens (primary N) is 1. The van der Waals surface area contributed by atoms with Gasteiger partial charge in [-0.15, -0.1) is 12.4 Å². The summed E-state index contributed by atoms with van der Waals surface area (Å²) < 4.78 is 0. The first kappa shape index (κ1) is 15.2. The number of hydrogen-bond acceptors (Lipinski definition) is 8. The van der Waals surface area contributed by atoms with E-state index in [1.807, 2.05) is 0 Å². The monoisotopic (exact) mass is 289 g/mol. The maximum atomic E-state index is 11.5. The lowest BCUT2D eigenvalue weighted by Crippen LogP contribution is -2.24. The first-order valence-corrected chi connectivity index (χ1v) is 5.02. The van der Waals surface area contributed by atoms with Crippen molar-refractivity contribution in [1.29, 1.82) is 0 Å². The normalized spacial score (nSPS) is 13.8. The average Bonchev–Trinajstić information content (AvgIpc) is 2.36. The summed E-state index contributed by atoms with van der Waals surface area (Å²) in [4.78, 5) is 25.2. The molecule has 0 spiro atoms. The van der Waals surface area contributed by atoms with Gasteiger partial charge in [-0.1, -0.05) is 0 Å². The maximum Gasteiger partial charge on any atom is 0.280 e. The van der Waals surface area contributed by atoms with Crippen molar-refractivity contribution in [2.45, 2.75) is 12.2 Å². The molecule has 0 saturated heterocycles. The van der Waals surface area contributed by atoms with Crippen molar-refractivity contribution in [2.24, 2.45) is 0 Å². The first-order chi connectivity index (χ1) is 8.52. The van der Waals surface area contributed by atoms with Crippen LogP contribution in [0.1, 0.15) is 11.8 Å². The summed E-state index contributed by atoms with van der Waals surface area (Å²) in [5, 5.41) is 27.6. The molecule has 0 saturated carbocycles. The van der Waals surface area contributed by atoms with E-state index in [1.54, 1.807) is 0 Å². The van der Waals surface area contributed by atoms with Gasteiger partial charge < -0.3 is 21.1 Å². The molecule has 2 heterocycles. The Balaban J connectivity index is 0.00000180. The van der Waals surface area contributed by atoms with Gasteiger partial charge in [0.05, 0.1) is 18.5 Å². The van der Waals surface area contributed by atoms with Crippen molar-refractivity contribution in [3.63, 3.8) is 0 Å². The van der Waals surface area contributed by atoms with E-state index in [9.17, 15) is 15.0 Å². The van der Waals surface area contributed by atoms with Crippen LogP contribution in [-0.4, -0.2) is 48.0 Å². The van der Waals surface area contributed by atoms with Crippen LogP contribution in [0.4, 0.5) is 5.95 Å². The van der Waals surface area contributed by atoms with Gasteiger partial charge in [0.25, 0.3) is 5.56 Å². The number of aromatic nitrogens is 4. The highest BCUT2D eigenvalue weighted by Gasteiger charge is 2.20. The van der Waals surface area contributed by atoms with Gasteiger partial charge >= 0.3 is 0 Å². The number of aromatic amines is 1. The molecule has 0 unspecified atom stereocenters. The average molecular weight is 290 g/mol. The van der Waals surface area contributed by atoms with Gasteiger partial charge in [0, 0.05) is 0 Å². The second kappa shape index (κ2) is 5.89. The SMILES string of the molecule is Cl.Nc1nc2ncc([C@H](O)[C@H](O)CO)nc2c(=O)[nH]1. The Morgan fingerprint density at radius 1 is 1.37 bits per heavy atom. The Labute approximate surface area is 112 Å². The molecular weight excluding hydrogens is 278 g/mol. The lowest BCUT2D eigenvalue weighted by molar-refractivity contribution is -0.0173. The molecule has 0 aliphatic carbocycles. The van der Waals surface area contributed by atoms with Crippen LogP contribution < -0.4 is 11.3 Å². The smallest absolute Gasteiger partial charge is 0.280 e. The minimum atomic E-state index is -1.44. The molecule has 0 radical (unpaired) electrons. The van der Waals surface area contributed by atoms with Crippen molar-refractivity contribution < 1.29 is 15.3 Å². The number of nitrogens with zero attached hydrogens (tertiary/aromatic N) is 3. The summed E-state index contributed by atoms with van der Waals surface area (Å²) in [5.41, 5.74) is 4.62. The summed E-state index contributed by atoms with van der Waals surface area (Å²) in [6, 6.07) is 0. The van der Waals surface area contributed by atoms with E-state index in [2.05, 4.69) is 19.9 Å². The molecule has 10 heteroatoms. The van der Waals surface area contributed by atoms with Crippen molar-refractivity contribution in [2.75, 3.05) is 12.3 Å². The summed E-state index contributed by atoms with van der Waals surface area (Å²) in [6.07, 6.45) is -1.70. The topological polar surface area (TPSA) is 158 Å². The number of nitrogens with one attached hydrogen (secondary N) is 1. The predicted molar refractivity (Wildman–Crippen MR) is 67.7 cm³/mol. The van der Waals surface area contributed by atoms with Gasteiger partial charge in [0.1, 0.15) is 12.2 Å². The quantitative estimate of drug-likeness (QED) is 0.438. The molecule has 0 aliphatic rings. The van der Waals surface area contributed by atoms with E-state index in [0.717, 1.165) is 6.20 Å². The molecule has 0 aromatic carbocycles. The number of aliphatic hydroxyl groups excluding tert-OH is 3. The minimum Gasteiger partial charge on any atom is -0.394 e. The predicted octanol–water partition coefficient (Wildman–Crippen LogP) is -1.90. The van der Waals surface area contributed by atoms with E-state index >= 15 is 0 Å². The van der Waals surface area contributed by atoms with Gasteiger partial charge in [-0.2, -0.15) is 4.98 Å².